The first-order valence-corrected chi connectivity index (χ1v) is 3.88. The van der Waals surface area contributed by atoms with Crippen molar-refractivity contribution in [1.29, 1.82) is 0 Å². The minimum Gasteiger partial charge on any atom is -0.324 e. The highest BCUT2D eigenvalue weighted by atomic mass is 31.2. The smallest absolute Gasteiger partial charge is 0.271 e. The minimum atomic E-state index is -2.79. The first kappa shape index (κ1) is 7.29. The van der Waals surface area contributed by atoms with E-state index < -0.39 is 21.0 Å². The van der Waals surface area contributed by atoms with Gasteiger partial charge in [0.1, 0.15) is 6.61 Å². The summed E-state index contributed by atoms with van der Waals surface area (Å²) in [5, 5.41) is 0. The highest BCUT2D eigenvalue weighted by Crippen LogP contribution is 2.46. The predicted octanol–water partition coefficient (Wildman–Crippen LogP) is 2.32. The van der Waals surface area contributed by atoms with Crippen LogP contribution in [0.2, 0.25) is 0 Å². The zero-order valence-corrected chi connectivity index (χ0v) is 5.51. The summed E-state index contributed by atoms with van der Waals surface area (Å²) in [6.07, 6.45) is -0.489. The molecule has 1 saturated heterocycles. The Morgan fingerprint density at radius 2 is 2.11 bits per heavy atom. The van der Waals surface area contributed by atoms with E-state index in [1.807, 2.05) is 0 Å². The van der Waals surface area contributed by atoms with Crippen LogP contribution in [0.3, 0.4) is 0 Å². The summed E-state index contributed by atoms with van der Waals surface area (Å²) in [5.41, 5.74) is 0. The lowest BCUT2D eigenvalue weighted by atomic mass is 10.3. The molecule has 0 N–H and O–H groups in total. The van der Waals surface area contributed by atoms with Gasteiger partial charge in [-0.25, -0.2) is 8.78 Å². The first-order valence-electron chi connectivity index (χ1n) is 2.54. The average Bonchev–Trinajstić information content (AvgIpc) is 1.78. The molecule has 0 amide bonds. The fourth-order valence-corrected chi connectivity index (χ4v) is 1.51. The van der Waals surface area contributed by atoms with Gasteiger partial charge in [0.2, 0.25) is 8.46 Å². The predicted molar refractivity (Wildman–Crippen MR) is 28.4 cm³/mol. The molecule has 5 heteroatoms. The normalized spacial score (nSPS) is 34.3. The van der Waals surface area contributed by atoms with Gasteiger partial charge in [-0.05, 0) is 0 Å². The molecular formula is C4H6F3OP. The van der Waals surface area contributed by atoms with E-state index in [4.69, 9.17) is 0 Å². The number of rotatable bonds is 0. The van der Waals surface area contributed by atoms with Crippen LogP contribution in [0.1, 0.15) is 6.42 Å². The molecule has 1 nitrogen and oxygen atoms in total. The largest absolute Gasteiger partial charge is 0.324 e. The van der Waals surface area contributed by atoms with E-state index in [2.05, 4.69) is 4.52 Å². The Morgan fingerprint density at radius 3 is 2.44 bits per heavy atom. The Morgan fingerprint density at radius 1 is 1.44 bits per heavy atom. The molecule has 0 radical (unpaired) electrons. The van der Waals surface area contributed by atoms with Gasteiger partial charge in [-0.15, -0.1) is 0 Å². The zero-order valence-electron chi connectivity index (χ0n) is 4.61. The number of hydrogen-bond donors (Lipinski definition) is 0. The zero-order chi connectivity index (χ0) is 6.91. The maximum Gasteiger partial charge on any atom is 0.271 e. The van der Waals surface area contributed by atoms with Crippen molar-refractivity contribution in [1.82, 2.24) is 0 Å². The third-order valence-electron chi connectivity index (χ3n) is 1.07. The van der Waals surface area contributed by atoms with Gasteiger partial charge in [-0.1, -0.05) is 0 Å². The van der Waals surface area contributed by atoms with Gasteiger partial charge in [0.05, 0.1) is 0 Å². The number of alkyl halides is 2. The summed E-state index contributed by atoms with van der Waals surface area (Å²) < 4.78 is 40.4. The van der Waals surface area contributed by atoms with Crippen molar-refractivity contribution >= 4 is 8.46 Å². The molecule has 9 heavy (non-hydrogen) atoms. The van der Waals surface area contributed by atoms with E-state index in [0.717, 1.165) is 0 Å². The number of halogens is 3. The lowest BCUT2D eigenvalue weighted by Gasteiger charge is -2.22. The summed E-state index contributed by atoms with van der Waals surface area (Å²) in [5.74, 6) is -2.79. The molecule has 1 rings (SSSR count). The van der Waals surface area contributed by atoms with Gasteiger partial charge in [0, 0.05) is 12.6 Å². The summed E-state index contributed by atoms with van der Waals surface area (Å²) in [6.45, 7) is -0.741. The molecule has 0 aromatic heterocycles. The van der Waals surface area contributed by atoms with Crippen molar-refractivity contribution in [3.63, 3.8) is 0 Å². The van der Waals surface area contributed by atoms with E-state index in [9.17, 15) is 13.0 Å². The maximum absolute atomic E-state index is 12.1. The average molecular weight is 158 g/mol. The molecule has 0 spiro atoms. The van der Waals surface area contributed by atoms with Gasteiger partial charge in [0.25, 0.3) is 5.92 Å². The maximum atomic E-state index is 12.1. The van der Waals surface area contributed by atoms with Crippen LogP contribution in [-0.4, -0.2) is 18.7 Å². The van der Waals surface area contributed by atoms with Crippen molar-refractivity contribution in [2.45, 2.75) is 12.3 Å². The Bertz CT molecular complexity index is 98.0. The van der Waals surface area contributed by atoms with E-state index in [1.165, 1.54) is 0 Å². The molecule has 1 heterocycles. The molecular weight excluding hydrogens is 152 g/mol. The molecule has 0 saturated carbocycles. The van der Waals surface area contributed by atoms with E-state index >= 15 is 0 Å². The van der Waals surface area contributed by atoms with Gasteiger partial charge in [-0.3, -0.25) is 0 Å². The molecule has 1 atom stereocenters. The Labute approximate surface area is 52.1 Å². The molecule has 0 aliphatic carbocycles. The van der Waals surface area contributed by atoms with Crippen molar-refractivity contribution in [3.8, 4) is 0 Å². The van der Waals surface area contributed by atoms with Gasteiger partial charge in [0.15, 0.2) is 0 Å². The molecule has 0 aromatic rings. The standard InChI is InChI=1S/C4H6F3OP/c5-4(6)1-2-9(7)8-3-4/h1-3H2. The Balaban J connectivity index is 2.35. The van der Waals surface area contributed by atoms with E-state index in [-0.39, 0.29) is 12.6 Å². The molecule has 1 aliphatic heterocycles. The highest BCUT2D eigenvalue weighted by molar-refractivity contribution is 7.46. The lowest BCUT2D eigenvalue weighted by molar-refractivity contribution is -0.0514. The van der Waals surface area contributed by atoms with Crippen molar-refractivity contribution in [2.24, 2.45) is 0 Å². The van der Waals surface area contributed by atoms with Crippen molar-refractivity contribution in [3.05, 3.63) is 0 Å². The third-order valence-corrected chi connectivity index (χ3v) is 2.05. The van der Waals surface area contributed by atoms with E-state index in [0.29, 0.717) is 0 Å². The summed E-state index contributed by atoms with van der Waals surface area (Å²) in [6, 6.07) is 0. The van der Waals surface area contributed by atoms with Crippen LogP contribution in [-0.2, 0) is 4.52 Å². The number of hydrogen-bond acceptors (Lipinski definition) is 1. The van der Waals surface area contributed by atoms with Gasteiger partial charge in [-0.2, -0.15) is 4.20 Å². The summed E-state index contributed by atoms with van der Waals surface area (Å²) >= 11 is 0. The first-order chi connectivity index (χ1) is 4.10. The minimum absolute atomic E-state index is 0.123. The van der Waals surface area contributed by atoms with Crippen LogP contribution < -0.4 is 0 Å². The van der Waals surface area contributed by atoms with Crippen LogP contribution in [0.4, 0.5) is 13.0 Å². The van der Waals surface area contributed by atoms with Crippen molar-refractivity contribution in [2.75, 3.05) is 12.8 Å². The second kappa shape index (κ2) is 2.43. The molecule has 1 aliphatic rings. The second-order valence-corrected chi connectivity index (χ2v) is 3.26. The summed E-state index contributed by atoms with van der Waals surface area (Å²) in [7, 11) is -2.03. The van der Waals surface area contributed by atoms with Gasteiger partial charge >= 0.3 is 0 Å². The third kappa shape index (κ3) is 2.11. The SMILES string of the molecule is FP1CCC(F)(F)CO1. The van der Waals surface area contributed by atoms with Crippen LogP contribution in [0.25, 0.3) is 0 Å². The van der Waals surface area contributed by atoms with Crippen LogP contribution in [0.5, 0.6) is 0 Å². The van der Waals surface area contributed by atoms with Crippen molar-refractivity contribution < 1.29 is 17.5 Å². The van der Waals surface area contributed by atoms with Crippen LogP contribution >= 0.6 is 8.46 Å². The molecule has 1 fully saturated rings. The monoisotopic (exact) mass is 158 g/mol. The van der Waals surface area contributed by atoms with E-state index in [1.54, 1.807) is 0 Å². The quantitative estimate of drug-likeness (QED) is 0.491. The Kier molecular flexibility index (Phi) is 1.97. The Hall–Kier alpha value is 0.180. The fraction of sp³-hybridized carbons (Fsp3) is 1.00. The topological polar surface area (TPSA) is 9.23 Å². The van der Waals surface area contributed by atoms with Gasteiger partial charge < -0.3 is 4.52 Å². The molecule has 54 valence electrons. The van der Waals surface area contributed by atoms with Crippen LogP contribution in [0, 0.1) is 0 Å². The lowest BCUT2D eigenvalue weighted by Crippen LogP contribution is -2.27. The summed E-state index contributed by atoms with van der Waals surface area (Å²) in [4.78, 5) is 0. The van der Waals surface area contributed by atoms with Crippen LogP contribution in [0.15, 0.2) is 0 Å². The second-order valence-electron chi connectivity index (χ2n) is 1.92. The molecule has 0 bridgehead atoms. The molecule has 1 unspecified atom stereocenters. The molecule has 0 aromatic carbocycles. The fourth-order valence-electron chi connectivity index (χ4n) is 0.553. The highest BCUT2D eigenvalue weighted by Gasteiger charge is 2.36.